The Labute approximate surface area is 137 Å². The first-order valence-electron chi connectivity index (χ1n) is 7.31. The molecule has 4 heterocycles. The number of fused-ring (bicyclic) bond motifs is 1. The van der Waals surface area contributed by atoms with Crippen molar-refractivity contribution in [2.75, 3.05) is 0 Å². The largest absolute Gasteiger partial charge is 0.293 e. The van der Waals surface area contributed by atoms with Gasteiger partial charge in [-0.1, -0.05) is 0 Å². The van der Waals surface area contributed by atoms with E-state index >= 15 is 0 Å². The zero-order valence-corrected chi connectivity index (χ0v) is 12.8. The number of ketones is 1. The summed E-state index contributed by atoms with van der Waals surface area (Å²) in [6, 6.07) is 7.20. The molecule has 116 valence electrons. The predicted octanol–water partition coefficient (Wildman–Crippen LogP) is 2.45. The molecule has 7 nitrogen and oxygen atoms in total. The average molecular weight is 316 g/mol. The molecule has 0 saturated heterocycles. The molecule has 0 atom stereocenters. The van der Waals surface area contributed by atoms with Gasteiger partial charge in [0.15, 0.2) is 11.6 Å². The summed E-state index contributed by atoms with van der Waals surface area (Å²) in [5.41, 5.74) is 2.78. The van der Waals surface area contributed by atoms with Gasteiger partial charge >= 0.3 is 0 Å². The zero-order valence-electron chi connectivity index (χ0n) is 12.8. The maximum Gasteiger partial charge on any atom is 0.234 e. The summed E-state index contributed by atoms with van der Waals surface area (Å²) in [7, 11) is 0. The third-order valence-corrected chi connectivity index (χ3v) is 3.60. The first kappa shape index (κ1) is 14.1. The number of pyridine rings is 1. The fraction of sp³-hybridized carbons (Fsp3) is 0.0588. The highest BCUT2D eigenvalue weighted by Crippen LogP contribution is 2.21. The zero-order chi connectivity index (χ0) is 16.5. The lowest BCUT2D eigenvalue weighted by Gasteiger charge is -2.04. The molecule has 4 aromatic rings. The van der Waals surface area contributed by atoms with Crippen molar-refractivity contribution in [3.05, 3.63) is 60.9 Å². The van der Waals surface area contributed by atoms with Gasteiger partial charge in [-0.25, -0.2) is 19.9 Å². The highest BCUT2D eigenvalue weighted by Gasteiger charge is 2.11. The molecule has 24 heavy (non-hydrogen) atoms. The third-order valence-electron chi connectivity index (χ3n) is 3.60. The lowest BCUT2D eigenvalue weighted by Crippen LogP contribution is -2.00. The highest BCUT2D eigenvalue weighted by atomic mass is 16.1. The quantitative estimate of drug-likeness (QED) is 0.540. The number of carbonyl (C=O) groups excluding carboxylic acids is 1. The molecule has 4 rings (SSSR count). The number of rotatable bonds is 3. The molecule has 0 aliphatic carbocycles. The predicted molar refractivity (Wildman–Crippen MR) is 87.2 cm³/mol. The Bertz CT molecular complexity index is 1040. The van der Waals surface area contributed by atoms with E-state index < -0.39 is 0 Å². The van der Waals surface area contributed by atoms with Crippen molar-refractivity contribution in [1.29, 1.82) is 0 Å². The Morgan fingerprint density at radius 3 is 2.62 bits per heavy atom. The lowest BCUT2D eigenvalue weighted by atomic mass is 10.2. The molecule has 0 fully saturated rings. The Morgan fingerprint density at radius 1 is 1.00 bits per heavy atom. The van der Waals surface area contributed by atoms with Gasteiger partial charge < -0.3 is 0 Å². The molecule has 0 bridgehead atoms. The SMILES string of the molecule is CC(=O)c1ccn2c(-c3ccnc(-c4ccncc4)n3)cnc2n1. The summed E-state index contributed by atoms with van der Waals surface area (Å²) in [5.74, 6) is 0.976. The molecule has 0 spiro atoms. The van der Waals surface area contributed by atoms with E-state index in [-0.39, 0.29) is 5.78 Å². The highest BCUT2D eigenvalue weighted by molar-refractivity contribution is 5.92. The normalized spacial score (nSPS) is 10.9. The summed E-state index contributed by atoms with van der Waals surface area (Å²) in [4.78, 5) is 32.9. The Morgan fingerprint density at radius 2 is 1.83 bits per heavy atom. The van der Waals surface area contributed by atoms with E-state index in [0.717, 1.165) is 17.0 Å². The summed E-state index contributed by atoms with van der Waals surface area (Å²) >= 11 is 0. The fourth-order valence-corrected chi connectivity index (χ4v) is 2.40. The minimum atomic E-state index is -0.0935. The first-order valence-corrected chi connectivity index (χ1v) is 7.31. The van der Waals surface area contributed by atoms with Crippen LogP contribution in [0.5, 0.6) is 0 Å². The van der Waals surface area contributed by atoms with Gasteiger partial charge in [0, 0.05) is 37.3 Å². The van der Waals surface area contributed by atoms with Gasteiger partial charge in [-0.3, -0.25) is 14.2 Å². The van der Waals surface area contributed by atoms with E-state index in [0.29, 0.717) is 17.3 Å². The Balaban J connectivity index is 1.82. The summed E-state index contributed by atoms with van der Waals surface area (Å²) in [5, 5.41) is 0. The second kappa shape index (κ2) is 5.62. The van der Waals surface area contributed by atoms with Crippen molar-refractivity contribution in [1.82, 2.24) is 29.3 Å². The van der Waals surface area contributed by atoms with Crippen LogP contribution in [0.25, 0.3) is 28.6 Å². The van der Waals surface area contributed by atoms with E-state index in [2.05, 4.69) is 24.9 Å². The fourth-order valence-electron chi connectivity index (χ4n) is 2.40. The van der Waals surface area contributed by atoms with Gasteiger partial charge in [0.2, 0.25) is 5.78 Å². The van der Waals surface area contributed by atoms with Gasteiger partial charge in [0.1, 0.15) is 5.69 Å². The molecule has 0 unspecified atom stereocenters. The number of carbonyl (C=O) groups is 1. The molecule has 0 radical (unpaired) electrons. The summed E-state index contributed by atoms with van der Waals surface area (Å²) in [6.45, 7) is 1.48. The summed E-state index contributed by atoms with van der Waals surface area (Å²) < 4.78 is 1.80. The second-order valence-corrected chi connectivity index (χ2v) is 5.18. The molecular formula is C17H12N6O. The van der Waals surface area contributed by atoms with Gasteiger partial charge in [-0.05, 0) is 24.3 Å². The van der Waals surface area contributed by atoms with Gasteiger partial charge in [0.25, 0.3) is 0 Å². The molecule has 0 aromatic carbocycles. The van der Waals surface area contributed by atoms with Crippen LogP contribution in [0.2, 0.25) is 0 Å². The van der Waals surface area contributed by atoms with Crippen LogP contribution in [0.3, 0.4) is 0 Å². The molecule has 0 aliphatic rings. The molecule has 0 saturated carbocycles. The van der Waals surface area contributed by atoms with Crippen LogP contribution in [0.4, 0.5) is 0 Å². The summed E-state index contributed by atoms with van der Waals surface area (Å²) in [6.07, 6.45) is 8.56. The molecule has 7 heteroatoms. The minimum Gasteiger partial charge on any atom is -0.293 e. The standard InChI is InChI=1S/C17H12N6O/c1-11(24)13-5-9-23-15(10-20-17(23)22-13)14-4-8-19-16(21-14)12-2-6-18-7-3-12/h2-10H,1H3. The Hall–Kier alpha value is -3.48. The van der Waals surface area contributed by atoms with Crippen LogP contribution in [0, 0.1) is 0 Å². The Kier molecular flexibility index (Phi) is 3.31. The van der Waals surface area contributed by atoms with E-state index in [1.807, 2.05) is 18.2 Å². The molecule has 0 aliphatic heterocycles. The first-order chi connectivity index (χ1) is 11.7. The molecule has 0 N–H and O–H groups in total. The number of Topliss-reactive ketones (excluding diaryl/α,β-unsaturated/α-hetero) is 1. The number of aromatic nitrogens is 6. The van der Waals surface area contributed by atoms with Crippen LogP contribution in [-0.2, 0) is 0 Å². The van der Waals surface area contributed by atoms with Crippen LogP contribution in [0.15, 0.2) is 55.2 Å². The molecule has 0 amide bonds. The van der Waals surface area contributed by atoms with Gasteiger partial charge in [0.05, 0.1) is 17.6 Å². The smallest absolute Gasteiger partial charge is 0.234 e. The topological polar surface area (TPSA) is 85.9 Å². The third kappa shape index (κ3) is 2.41. The van der Waals surface area contributed by atoms with Crippen molar-refractivity contribution in [2.45, 2.75) is 6.92 Å². The number of nitrogens with zero attached hydrogens (tertiary/aromatic N) is 6. The van der Waals surface area contributed by atoms with E-state index in [9.17, 15) is 4.79 Å². The van der Waals surface area contributed by atoms with E-state index in [1.54, 1.807) is 41.5 Å². The lowest BCUT2D eigenvalue weighted by molar-refractivity contribution is 0.101. The monoisotopic (exact) mass is 316 g/mol. The van der Waals surface area contributed by atoms with Crippen molar-refractivity contribution < 1.29 is 4.79 Å². The molecular weight excluding hydrogens is 304 g/mol. The van der Waals surface area contributed by atoms with Gasteiger partial charge in [-0.15, -0.1) is 0 Å². The van der Waals surface area contributed by atoms with Crippen LogP contribution in [-0.4, -0.2) is 35.1 Å². The van der Waals surface area contributed by atoms with Crippen LogP contribution >= 0.6 is 0 Å². The number of imidazole rings is 1. The number of hydrogen-bond donors (Lipinski definition) is 0. The van der Waals surface area contributed by atoms with Crippen LogP contribution in [0.1, 0.15) is 17.4 Å². The number of hydrogen-bond acceptors (Lipinski definition) is 6. The molecule has 4 aromatic heterocycles. The van der Waals surface area contributed by atoms with Crippen molar-refractivity contribution in [2.24, 2.45) is 0 Å². The van der Waals surface area contributed by atoms with E-state index in [4.69, 9.17) is 0 Å². The van der Waals surface area contributed by atoms with Gasteiger partial charge in [-0.2, -0.15) is 0 Å². The van der Waals surface area contributed by atoms with E-state index in [1.165, 1.54) is 6.92 Å². The van der Waals surface area contributed by atoms with Crippen molar-refractivity contribution >= 4 is 11.6 Å². The van der Waals surface area contributed by atoms with Crippen molar-refractivity contribution in [3.63, 3.8) is 0 Å². The maximum absolute atomic E-state index is 11.4. The maximum atomic E-state index is 11.4. The minimum absolute atomic E-state index is 0.0935. The van der Waals surface area contributed by atoms with Crippen molar-refractivity contribution in [3.8, 4) is 22.8 Å². The average Bonchev–Trinajstić information content (AvgIpc) is 3.06. The second-order valence-electron chi connectivity index (χ2n) is 5.18. The van der Waals surface area contributed by atoms with Crippen LogP contribution < -0.4 is 0 Å².